The largest absolute Gasteiger partial charge is 0.386 e. The van der Waals surface area contributed by atoms with Crippen LogP contribution >= 0.6 is 0 Å². The Kier molecular flexibility index (Phi) is 2.59. The fourth-order valence-electron chi connectivity index (χ4n) is 0.902. The van der Waals surface area contributed by atoms with E-state index in [-0.39, 0.29) is 0 Å². The van der Waals surface area contributed by atoms with Crippen LogP contribution < -0.4 is 0 Å². The number of aliphatic hydroxyl groups is 2. The van der Waals surface area contributed by atoms with E-state index in [1.807, 2.05) is 0 Å². The number of hydrogen-bond donors (Lipinski definition) is 2. The normalized spacial score (nSPS) is 33.2. The first-order chi connectivity index (χ1) is 5.13. The predicted molar refractivity (Wildman–Crippen MR) is 43.3 cm³/mol. The summed E-state index contributed by atoms with van der Waals surface area (Å²) in [6.07, 6.45) is 4.16. The number of allylic oxidation sites excluding steroid dienone is 2. The Morgan fingerprint density at radius 3 is 2.64 bits per heavy atom. The van der Waals surface area contributed by atoms with Gasteiger partial charge in [0, 0.05) is 22.0 Å². The Hall–Kier alpha value is -0.450. The van der Waals surface area contributed by atoms with Crippen molar-refractivity contribution in [3.8, 4) is 0 Å². The molecule has 0 aromatic carbocycles. The summed E-state index contributed by atoms with van der Waals surface area (Å²) in [5.74, 6) is 0. The highest BCUT2D eigenvalue weighted by atomic mass is 32.2. The zero-order valence-electron chi connectivity index (χ0n) is 6.10. The molecule has 62 valence electrons. The van der Waals surface area contributed by atoms with Crippen molar-refractivity contribution >= 4 is 10.8 Å². The predicted octanol–water partition coefficient (Wildman–Crippen LogP) is -0.460. The lowest BCUT2D eigenvalue weighted by Crippen LogP contribution is -2.29. The van der Waals surface area contributed by atoms with Gasteiger partial charge in [-0.2, -0.15) is 0 Å². The number of hydrogen-bond acceptors (Lipinski definition) is 3. The van der Waals surface area contributed by atoms with Crippen LogP contribution in [0.5, 0.6) is 0 Å². The van der Waals surface area contributed by atoms with Crippen LogP contribution in [0.3, 0.4) is 0 Å². The van der Waals surface area contributed by atoms with E-state index in [0.29, 0.717) is 4.91 Å². The minimum absolute atomic E-state index is 0.375. The summed E-state index contributed by atoms with van der Waals surface area (Å²) in [6.45, 7) is 0. The molecule has 0 aliphatic heterocycles. The lowest BCUT2D eigenvalue weighted by atomic mass is 10.1. The van der Waals surface area contributed by atoms with Gasteiger partial charge in [-0.1, -0.05) is 12.2 Å². The molecule has 4 heteroatoms. The second-order valence-corrected chi connectivity index (χ2v) is 3.72. The first-order valence-electron chi connectivity index (χ1n) is 3.21. The quantitative estimate of drug-likeness (QED) is 0.565. The zero-order chi connectivity index (χ0) is 8.43. The highest BCUT2D eigenvalue weighted by molar-refractivity contribution is 7.88. The van der Waals surface area contributed by atoms with Crippen LogP contribution in [0.25, 0.3) is 0 Å². The van der Waals surface area contributed by atoms with Gasteiger partial charge in [0.25, 0.3) is 0 Å². The molecule has 0 saturated carbocycles. The van der Waals surface area contributed by atoms with Crippen LogP contribution in [0.1, 0.15) is 0 Å². The van der Waals surface area contributed by atoms with Crippen molar-refractivity contribution in [3.63, 3.8) is 0 Å². The summed E-state index contributed by atoms with van der Waals surface area (Å²) in [5.41, 5.74) is 0. The van der Waals surface area contributed by atoms with Gasteiger partial charge in [0.15, 0.2) is 0 Å². The molecule has 0 amide bonds. The maximum absolute atomic E-state index is 10.9. The third-order valence-corrected chi connectivity index (χ3v) is 2.56. The van der Waals surface area contributed by atoms with E-state index in [1.165, 1.54) is 12.3 Å². The molecule has 0 unspecified atom stereocenters. The van der Waals surface area contributed by atoms with Crippen molar-refractivity contribution < 1.29 is 14.4 Å². The molecule has 1 rings (SSSR count). The molecule has 0 bridgehead atoms. The molecule has 1 aliphatic rings. The maximum atomic E-state index is 10.9. The SMILES string of the molecule is C[S@@](=O)C1=CC=C[C@H](O)[C@@H]1O. The fourth-order valence-corrected chi connectivity index (χ4v) is 1.65. The molecule has 1 aliphatic carbocycles. The van der Waals surface area contributed by atoms with Crippen LogP contribution in [0, 0.1) is 0 Å². The van der Waals surface area contributed by atoms with Crippen molar-refractivity contribution in [3.05, 3.63) is 23.1 Å². The molecular weight excluding hydrogens is 164 g/mol. The summed E-state index contributed by atoms with van der Waals surface area (Å²) in [7, 11) is -1.20. The molecule has 2 N–H and O–H groups in total. The summed E-state index contributed by atoms with van der Waals surface area (Å²) in [4.78, 5) is 0.375. The van der Waals surface area contributed by atoms with E-state index in [4.69, 9.17) is 5.11 Å². The zero-order valence-corrected chi connectivity index (χ0v) is 6.91. The van der Waals surface area contributed by atoms with Gasteiger partial charge in [0.1, 0.15) is 12.2 Å². The van der Waals surface area contributed by atoms with Gasteiger partial charge in [-0.05, 0) is 6.08 Å². The van der Waals surface area contributed by atoms with Crippen LogP contribution in [0.4, 0.5) is 0 Å². The second-order valence-electron chi connectivity index (χ2n) is 2.34. The Morgan fingerprint density at radius 1 is 1.55 bits per heavy atom. The van der Waals surface area contributed by atoms with E-state index in [9.17, 15) is 9.32 Å². The molecule has 0 spiro atoms. The second kappa shape index (κ2) is 3.30. The van der Waals surface area contributed by atoms with Crippen molar-refractivity contribution in [2.45, 2.75) is 12.2 Å². The standard InChI is InChI=1S/C7H10O3S/c1-11(10)6-4-2-3-5(8)7(6)9/h2-5,7-9H,1H3/t5-,7-,11+/m0/s1. The van der Waals surface area contributed by atoms with E-state index >= 15 is 0 Å². The van der Waals surface area contributed by atoms with Crippen molar-refractivity contribution in [1.29, 1.82) is 0 Å². The summed E-state index contributed by atoms with van der Waals surface area (Å²) >= 11 is 0. The lowest BCUT2D eigenvalue weighted by molar-refractivity contribution is 0.0766. The van der Waals surface area contributed by atoms with Crippen LogP contribution in [-0.2, 0) is 10.8 Å². The van der Waals surface area contributed by atoms with Gasteiger partial charge < -0.3 is 10.2 Å². The Morgan fingerprint density at radius 2 is 2.18 bits per heavy atom. The monoisotopic (exact) mass is 174 g/mol. The van der Waals surface area contributed by atoms with Gasteiger partial charge in [0.2, 0.25) is 0 Å². The highest BCUT2D eigenvalue weighted by Gasteiger charge is 2.22. The Labute approximate surface area is 67.5 Å². The molecule has 0 heterocycles. The molecule has 11 heavy (non-hydrogen) atoms. The first-order valence-corrected chi connectivity index (χ1v) is 4.76. The summed E-state index contributed by atoms with van der Waals surface area (Å²) in [5, 5.41) is 18.3. The molecule has 0 fully saturated rings. The third-order valence-electron chi connectivity index (χ3n) is 1.52. The first kappa shape index (κ1) is 8.64. The Balaban J connectivity index is 2.87. The summed E-state index contributed by atoms with van der Waals surface area (Å²) < 4.78 is 10.9. The molecular formula is C7H10O3S. The molecule has 0 aromatic heterocycles. The average Bonchev–Trinajstić information content (AvgIpc) is 1.94. The third kappa shape index (κ3) is 1.77. The van der Waals surface area contributed by atoms with E-state index < -0.39 is 23.0 Å². The highest BCUT2D eigenvalue weighted by Crippen LogP contribution is 2.15. The van der Waals surface area contributed by atoms with Gasteiger partial charge in [-0.15, -0.1) is 0 Å². The average molecular weight is 174 g/mol. The van der Waals surface area contributed by atoms with Crippen LogP contribution in [-0.4, -0.2) is 32.9 Å². The Bertz CT molecular complexity index is 232. The number of rotatable bonds is 1. The van der Waals surface area contributed by atoms with Gasteiger partial charge in [-0.25, -0.2) is 0 Å². The lowest BCUT2D eigenvalue weighted by Gasteiger charge is -2.18. The van der Waals surface area contributed by atoms with Crippen molar-refractivity contribution in [2.75, 3.05) is 6.26 Å². The smallest absolute Gasteiger partial charge is 0.117 e. The molecule has 3 atom stereocenters. The van der Waals surface area contributed by atoms with E-state index in [0.717, 1.165) is 0 Å². The topological polar surface area (TPSA) is 57.5 Å². The van der Waals surface area contributed by atoms with E-state index in [2.05, 4.69) is 0 Å². The van der Waals surface area contributed by atoms with Crippen LogP contribution in [0.2, 0.25) is 0 Å². The number of aliphatic hydroxyl groups excluding tert-OH is 2. The van der Waals surface area contributed by atoms with Crippen molar-refractivity contribution in [1.82, 2.24) is 0 Å². The van der Waals surface area contributed by atoms with Gasteiger partial charge in [0.05, 0.1) is 0 Å². The molecule has 0 aromatic rings. The minimum Gasteiger partial charge on any atom is -0.386 e. The molecule has 3 nitrogen and oxygen atoms in total. The van der Waals surface area contributed by atoms with Crippen LogP contribution in [0.15, 0.2) is 23.1 Å². The summed E-state index contributed by atoms with van der Waals surface area (Å²) in [6, 6.07) is 0. The maximum Gasteiger partial charge on any atom is 0.117 e. The molecule has 0 radical (unpaired) electrons. The van der Waals surface area contributed by atoms with Crippen molar-refractivity contribution in [2.24, 2.45) is 0 Å². The minimum atomic E-state index is -1.20. The van der Waals surface area contributed by atoms with Gasteiger partial charge in [-0.3, -0.25) is 4.21 Å². The molecule has 0 saturated heterocycles. The van der Waals surface area contributed by atoms with Gasteiger partial charge >= 0.3 is 0 Å². The van der Waals surface area contributed by atoms with E-state index in [1.54, 1.807) is 12.2 Å². The fraction of sp³-hybridized carbons (Fsp3) is 0.429.